The van der Waals surface area contributed by atoms with Gasteiger partial charge in [-0.3, -0.25) is 0 Å². The summed E-state index contributed by atoms with van der Waals surface area (Å²) in [6.45, 7) is 4.68. The maximum absolute atomic E-state index is 5.30. The molecular weight excluding hydrogens is 352 g/mol. The van der Waals surface area contributed by atoms with Crippen molar-refractivity contribution in [1.82, 2.24) is 0 Å². The zero-order chi connectivity index (χ0) is 20.0. The van der Waals surface area contributed by atoms with Crippen molar-refractivity contribution >= 4 is 0 Å². The van der Waals surface area contributed by atoms with E-state index in [0.717, 1.165) is 5.75 Å². The average Bonchev–Trinajstić information content (AvgIpc) is 3.00. The second kappa shape index (κ2) is 6.63. The Morgan fingerprint density at radius 1 is 0.552 bits per heavy atom. The predicted molar refractivity (Wildman–Crippen MR) is 121 cm³/mol. The van der Waals surface area contributed by atoms with Gasteiger partial charge in [0.15, 0.2) is 0 Å². The highest BCUT2D eigenvalue weighted by Gasteiger charge is 2.35. The minimum Gasteiger partial charge on any atom is -0.497 e. The monoisotopic (exact) mass is 376 g/mol. The van der Waals surface area contributed by atoms with Gasteiger partial charge in [-0.25, -0.2) is 0 Å². The summed E-state index contributed by atoms with van der Waals surface area (Å²) in [6.07, 6.45) is 0. The van der Waals surface area contributed by atoms with E-state index in [-0.39, 0.29) is 5.41 Å². The van der Waals surface area contributed by atoms with Crippen molar-refractivity contribution < 1.29 is 4.74 Å². The Hall–Kier alpha value is -3.32. The second-order valence-electron chi connectivity index (χ2n) is 8.24. The predicted octanol–water partition coefficient (Wildman–Crippen LogP) is 7.34. The third-order valence-corrected chi connectivity index (χ3v) is 6.21. The van der Waals surface area contributed by atoms with Crippen molar-refractivity contribution in [3.8, 4) is 39.1 Å². The number of hydrogen-bond acceptors (Lipinski definition) is 1. The highest BCUT2D eigenvalue weighted by atomic mass is 16.5. The minimum absolute atomic E-state index is 0.0298. The van der Waals surface area contributed by atoms with Crippen LogP contribution in [0.3, 0.4) is 0 Å². The van der Waals surface area contributed by atoms with Crippen molar-refractivity contribution in [2.45, 2.75) is 19.3 Å². The van der Waals surface area contributed by atoms with Gasteiger partial charge >= 0.3 is 0 Å². The molecule has 1 aliphatic rings. The van der Waals surface area contributed by atoms with Gasteiger partial charge in [-0.05, 0) is 68.8 Å². The normalized spacial score (nSPS) is 13.6. The molecule has 142 valence electrons. The molecule has 0 heterocycles. The standard InChI is InChI=1S/C28H24O/c1-28(2)26-17-21(19-7-5-4-6-8-19)11-15-24(26)25-16-12-22(18-27(25)28)20-9-13-23(29-3)14-10-20/h4-18H,1-3H3. The molecule has 1 aliphatic carbocycles. The summed E-state index contributed by atoms with van der Waals surface area (Å²) in [5.74, 6) is 0.885. The lowest BCUT2D eigenvalue weighted by atomic mass is 9.81. The molecule has 0 aromatic heterocycles. The number of rotatable bonds is 3. The number of fused-ring (bicyclic) bond motifs is 3. The van der Waals surface area contributed by atoms with Crippen LogP contribution in [0.25, 0.3) is 33.4 Å². The van der Waals surface area contributed by atoms with E-state index < -0.39 is 0 Å². The molecule has 0 saturated heterocycles. The molecule has 1 heteroatoms. The number of methoxy groups -OCH3 is 1. The van der Waals surface area contributed by atoms with E-state index in [0.29, 0.717) is 0 Å². The number of hydrogen-bond donors (Lipinski definition) is 0. The fraction of sp³-hybridized carbons (Fsp3) is 0.143. The molecule has 0 amide bonds. The Morgan fingerprint density at radius 3 is 1.55 bits per heavy atom. The van der Waals surface area contributed by atoms with E-state index in [1.54, 1.807) is 7.11 Å². The highest BCUT2D eigenvalue weighted by Crippen LogP contribution is 2.50. The van der Waals surface area contributed by atoms with Crippen LogP contribution in [0.2, 0.25) is 0 Å². The second-order valence-corrected chi connectivity index (χ2v) is 8.24. The molecule has 0 unspecified atom stereocenters. The molecular formula is C28H24O. The van der Waals surface area contributed by atoms with Crippen molar-refractivity contribution in [3.63, 3.8) is 0 Å². The van der Waals surface area contributed by atoms with E-state index in [1.807, 2.05) is 12.1 Å². The van der Waals surface area contributed by atoms with Gasteiger partial charge in [0.1, 0.15) is 5.75 Å². The number of ether oxygens (including phenoxy) is 1. The summed E-state index contributed by atoms with van der Waals surface area (Å²) in [6, 6.07) is 32.7. The Kier molecular flexibility index (Phi) is 4.06. The molecule has 0 bridgehead atoms. The van der Waals surface area contributed by atoms with Gasteiger partial charge in [0.25, 0.3) is 0 Å². The summed E-state index contributed by atoms with van der Waals surface area (Å²) in [4.78, 5) is 0. The molecule has 0 aliphatic heterocycles. The van der Waals surface area contributed by atoms with Crippen LogP contribution in [0, 0.1) is 0 Å². The molecule has 4 aromatic rings. The van der Waals surface area contributed by atoms with Crippen LogP contribution in [-0.2, 0) is 5.41 Å². The lowest BCUT2D eigenvalue weighted by Gasteiger charge is -2.22. The lowest BCUT2D eigenvalue weighted by Crippen LogP contribution is -2.15. The first kappa shape index (κ1) is 17.8. The van der Waals surface area contributed by atoms with Crippen molar-refractivity contribution in [1.29, 1.82) is 0 Å². The summed E-state index contributed by atoms with van der Waals surface area (Å²) in [5, 5.41) is 0. The van der Waals surface area contributed by atoms with E-state index in [4.69, 9.17) is 4.74 Å². The molecule has 0 atom stereocenters. The third kappa shape index (κ3) is 2.86. The van der Waals surface area contributed by atoms with E-state index in [2.05, 4.69) is 92.7 Å². The van der Waals surface area contributed by atoms with Gasteiger partial charge < -0.3 is 4.74 Å². The first-order valence-electron chi connectivity index (χ1n) is 10.1. The summed E-state index contributed by atoms with van der Waals surface area (Å²) < 4.78 is 5.30. The Balaban J connectivity index is 1.60. The molecule has 0 N–H and O–H groups in total. The SMILES string of the molecule is COc1ccc(-c2ccc3c(c2)C(C)(C)c2cc(-c4ccccc4)ccc2-3)cc1. The molecule has 0 spiro atoms. The molecule has 1 nitrogen and oxygen atoms in total. The highest BCUT2D eigenvalue weighted by molar-refractivity contribution is 5.85. The average molecular weight is 376 g/mol. The van der Waals surface area contributed by atoms with Gasteiger partial charge in [0.2, 0.25) is 0 Å². The zero-order valence-corrected chi connectivity index (χ0v) is 17.1. The molecule has 4 aromatic carbocycles. The van der Waals surface area contributed by atoms with E-state index in [9.17, 15) is 0 Å². The minimum atomic E-state index is -0.0298. The topological polar surface area (TPSA) is 9.23 Å². The van der Waals surface area contributed by atoms with E-state index >= 15 is 0 Å². The van der Waals surface area contributed by atoms with Crippen LogP contribution in [-0.4, -0.2) is 7.11 Å². The quantitative estimate of drug-likeness (QED) is 0.363. The van der Waals surface area contributed by atoms with Gasteiger partial charge in [0.05, 0.1) is 7.11 Å². The summed E-state index contributed by atoms with van der Waals surface area (Å²) in [7, 11) is 1.70. The zero-order valence-electron chi connectivity index (χ0n) is 17.1. The van der Waals surface area contributed by atoms with Gasteiger partial charge in [0, 0.05) is 5.41 Å². The van der Waals surface area contributed by atoms with Gasteiger partial charge in [-0.1, -0.05) is 80.6 Å². The Labute approximate surface area is 172 Å². The molecule has 0 saturated carbocycles. The molecule has 29 heavy (non-hydrogen) atoms. The smallest absolute Gasteiger partial charge is 0.118 e. The Bertz CT molecular complexity index is 1180. The van der Waals surface area contributed by atoms with E-state index in [1.165, 1.54) is 44.5 Å². The summed E-state index contributed by atoms with van der Waals surface area (Å²) in [5.41, 5.74) is 10.5. The lowest BCUT2D eigenvalue weighted by molar-refractivity contribution is 0.415. The number of benzene rings is 4. The largest absolute Gasteiger partial charge is 0.497 e. The van der Waals surface area contributed by atoms with Crippen LogP contribution in [0.5, 0.6) is 5.75 Å². The first-order valence-corrected chi connectivity index (χ1v) is 10.1. The van der Waals surface area contributed by atoms with Gasteiger partial charge in [-0.2, -0.15) is 0 Å². The molecule has 0 fully saturated rings. The Morgan fingerprint density at radius 2 is 1.03 bits per heavy atom. The fourth-order valence-electron chi connectivity index (χ4n) is 4.51. The summed E-state index contributed by atoms with van der Waals surface area (Å²) >= 11 is 0. The maximum atomic E-state index is 5.30. The third-order valence-electron chi connectivity index (χ3n) is 6.21. The molecule has 0 radical (unpaired) electrons. The van der Waals surface area contributed by atoms with Crippen molar-refractivity contribution in [2.24, 2.45) is 0 Å². The molecule has 5 rings (SSSR count). The van der Waals surface area contributed by atoms with Gasteiger partial charge in [-0.15, -0.1) is 0 Å². The van der Waals surface area contributed by atoms with Crippen LogP contribution >= 0.6 is 0 Å². The van der Waals surface area contributed by atoms with Crippen LogP contribution in [0.15, 0.2) is 91.0 Å². The van der Waals surface area contributed by atoms with Crippen LogP contribution in [0.1, 0.15) is 25.0 Å². The van der Waals surface area contributed by atoms with Crippen molar-refractivity contribution in [2.75, 3.05) is 7.11 Å². The first-order chi connectivity index (χ1) is 14.1. The maximum Gasteiger partial charge on any atom is 0.118 e. The van der Waals surface area contributed by atoms with Crippen molar-refractivity contribution in [3.05, 3.63) is 102 Å². The fourth-order valence-corrected chi connectivity index (χ4v) is 4.51. The van der Waals surface area contributed by atoms with Crippen LogP contribution < -0.4 is 4.74 Å². The van der Waals surface area contributed by atoms with Crippen LogP contribution in [0.4, 0.5) is 0 Å².